The van der Waals surface area contributed by atoms with E-state index in [2.05, 4.69) is 0 Å². The van der Waals surface area contributed by atoms with Crippen molar-refractivity contribution in [1.29, 1.82) is 0 Å². The highest BCUT2D eigenvalue weighted by molar-refractivity contribution is 6.30. The van der Waals surface area contributed by atoms with Gasteiger partial charge in [-0.3, -0.25) is 0 Å². The zero-order valence-corrected chi connectivity index (χ0v) is 5.85. The molecule has 1 saturated heterocycles. The molecule has 2 heteroatoms. The van der Waals surface area contributed by atoms with Gasteiger partial charge in [-0.2, -0.15) is 0 Å². The topological polar surface area (TPSA) is 12.5 Å². The number of ether oxygens (including phenoxy) is 1. The van der Waals surface area contributed by atoms with Crippen LogP contribution in [0.25, 0.3) is 0 Å². The molecule has 0 aromatic rings. The predicted octanol–water partition coefficient (Wildman–Crippen LogP) is 1.84. The Labute approximate surface area is 59.0 Å². The highest BCUT2D eigenvalue weighted by Gasteiger charge is 2.53. The Kier molecular flexibility index (Phi) is 0.866. The van der Waals surface area contributed by atoms with Gasteiger partial charge >= 0.3 is 0 Å². The molecule has 0 N–H and O–H groups in total. The Morgan fingerprint density at radius 2 is 2.56 bits per heavy atom. The predicted molar refractivity (Wildman–Crippen MR) is 36.4 cm³/mol. The van der Waals surface area contributed by atoms with Gasteiger partial charge in [-0.1, -0.05) is 23.8 Å². The van der Waals surface area contributed by atoms with Gasteiger partial charge in [-0.25, -0.2) is 0 Å². The van der Waals surface area contributed by atoms with Crippen LogP contribution in [-0.2, 0) is 4.74 Å². The van der Waals surface area contributed by atoms with Crippen molar-refractivity contribution in [2.45, 2.75) is 18.6 Å². The van der Waals surface area contributed by atoms with Crippen LogP contribution in [-0.4, -0.2) is 11.7 Å². The molecule has 9 heavy (non-hydrogen) atoms. The van der Waals surface area contributed by atoms with Crippen molar-refractivity contribution in [1.82, 2.24) is 0 Å². The lowest BCUT2D eigenvalue weighted by atomic mass is 10.0. The number of hydrogen-bond acceptors (Lipinski definition) is 1. The van der Waals surface area contributed by atoms with Gasteiger partial charge in [0, 0.05) is 0 Å². The second kappa shape index (κ2) is 1.41. The van der Waals surface area contributed by atoms with Crippen LogP contribution >= 0.6 is 11.6 Å². The molecule has 0 aromatic heterocycles. The van der Waals surface area contributed by atoms with Crippen LogP contribution in [0.4, 0.5) is 0 Å². The number of fused-ring (bicyclic) bond motifs is 1. The van der Waals surface area contributed by atoms with Crippen molar-refractivity contribution in [3.8, 4) is 0 Å². The smallest absolute Gasteiger partial charge is 0.127 e. The molecule has 1 fully saturated rings. The first-order valence-electron chi connectivity index (χ1n) is 2.95. The summed E-state index contributed by atoms with van der Waals surface area (Å²) in [6.07, 6.45) is 6.00. The van der Waals surface area contributed by atoms with Gasteiger partial charge in [0.1, 0.15) is 11.7 Å². The minimum Gasteiger partial charge on any atom is -0.356 e. The summed E-state index contributed by atoms with van der Waals surface area (Å²) >= 11 is 5.78. The highest BCUT2D eigenvalue weighted by atomic mass is 35.5. The number of epoxide rings is 1. The van der Waals surface area contributed by atoms with Gasteiger partial charge in [0.2, 0.25) is 0 Å². The van der Waals surface area contributed by atoms with E-state index in [0.29, 0.717) is 0 Å². The van der Waals surface area contributed by atoms with Crippen molar-refractivity contribution >= 4 is 11.6 Å². The van der Waals surface area contributed by atoms with Gasteiger partial charge in [-0.15, -0.1) is 0 Å². The molecule has 0 amide bonds. The van der Waals surface area contributed by atoms with E-state index in [0.717, 1.165) is 5.03 Å². The summed E-state index contributed by atoms with van der Waals surface area (Å²) in [6, 6.07) is 0. The largest absolute Gasteiger partial charge is 0.356 e. The number of halogens is 1. The van der Waals surface area contributed by atoms with Crippen molar-refractivity contribution in [2.24, 2.45) is 0 Å². The van der Waals surface area contributed by atoms with E-state index in [1.807, 2.05) is 25.2 Å². The molecule has 1 aliphatic heterocycles. The summed E-state index contributed by atoms with van der Waals surface area (Å²) in [6.45, 7) is 2.03. The van der Waals surface area contributed by atoms with Gasteiger partial charge in [0.25, 0.3) is 0 Å². The summed E-state index contributed by atoms with van der Waals surface area (Å²) in [7, 11) is 0. The lowest BCUT2D eigenvalue weighted by molar-refractivity contribution is 0.356. The first-order chi connectivity index (χ1) is 4.22. The fourth-order valence-electron chi connectivity index (χ4n) is 1.10. The Hall–Kier alpha value is -0.270. The first-order valence-corrected chi connectivity index (χ1v) is 3.33. The van der Waals surface area contributed by atoms with Crippen LogP contribution in [0.2, 0.25) is 0 Å². The molecule has 0 spiro atoms. The Morgan fingerprint density at radius 3 is 3.11 bits per heavy atom. The van der Waals surface area contributed by atoms with Crippen LogP contribution in [0.15, 0.2) is 23.3 Å². The molecule has 0 bridgehead atoms. The van der Waals surface area contributed by atoms with Gasteiger partial charge < -0.3 is 4.74 Å². The third-order valence-corrected chi connectivity index (χ3v) is 2.09. The molecule has 2 aliphatic rings. The molecule has 1 aliphatic carbocycles. The fourth-order valence-corrected chi connectivity index (χ4v) is 1.43. The van der Waals surface area contributed by atoms with E-state index in [1.54, 1.807) is 0 Å². The van der Waals surface area contributed by atoms with E-state index in [4.69, 9.17) is 16.3 Å². The van der Waals surface area contributed by atoms with Crippen LogP contribution in [0.1, 0.15) is 6.92 Å². The number of hydrogen-bond donors (Lipinski definition) is 0. The Balaban J connectivity index is 2.34. The minimum atomic E-state index is -0.0637. The second-order valence-corrected chi connectivity index (χ2v) is 3.03. The maximum atomic E-state index is 5.78. The highest BCUT2D eigenvalue weighted by Crippen LogP contribution is 2.45. The van der Waals surface area contributed by atoms with Crippen LogP contribution in [0, 0.1) is 0 Å². The molecular weight excluding hydrogens is 136 g/mol. The standard InChI is InChI=1S/C7H7ClO/c1-7-4-2-3-5(8)6(7)9-7/h2-4,6H,1H3. The SMILES string of the molecule is CC12C=CC=C(Cl)C1O2. The summed E-state index contributed by atoms with van der Waals surface area (Å²) in [4.78, 5) is 0. The van der Waals surface area contributed by atoms with E-state index in [-0.39, 0.29) is 11.7 Å². The summed E-state index contributed by atoms with van der Waals surface area (Å²) in [5.74, 6) is 0. The maximum absolute atomic E-state index is 5.78. The van der Waals surface area contributed by atoms with Crippen molar-refractivity contribution in [3.63, 3.8) is 0 Å². The molecule has 0 radical (unpaired) electrons. The number of rotatable bonds is 0. The van der Waals surface area contributed by atoms with Crippen LogP contribution in [0.3, 0.4) is 0 Å². The zero-order chi connectivity index (χ0) is 6.48. The lowest BCUT2D eigenvalue weighted by Gasteiger charge is -2.00. The third-order valence-electron chi connectivity index (χ3n) is 1.77. The first kappa shape index (κ1) is 5.51. The van der Waals surface area contributed by atoms with E-state index >= 15 is 0 Å². The average Bonchev–Trinajstić information content (AvgIpc) is 2.43. The molecule has 48 valence electrons. The van der Waals surface area contributed by atoms with Crippen molar-refractivity contribution in [3.05, 3.63) is 23.3 Å². The van der Waals surface area contributed by atoms with Crippen LogP contribution < -0.4 is 0 Å². The minimum absolute atomic E-state index is 0.0637. The molecule has 2 atom stereocenters. The van der Waals surface area contributed by atoms with E-state index in [1.165, 1.54) is 0 Å². The van der Waals surface area contributed by atoms with E-state index in [9.17, 15) is 0 Å². The summed E-state index contributed by atoms with van der Waals surface area (Å²) in [5, 5.41) is 0.819. The van der Waals surface area contributed by atoms with E-state index < -0.39 is 0 Å². The maximum Gasteiger partial charge on any atom is 0.127 e. The molecule has 2 rings (SSSR count). The fraction of sp³-hybridized carbons (Fsp3) is 0.429. The molecule has 1 nitrogen and oxygen atoms in total. The third kappa shape index (κ3) is 0.652. The number of allylic oxidation sites excluding steroid dienone is 2. The monoisotopic (exact) mass is 142 g/mol. The molecule has 0 saturated carbocycles. The van der Waals surface area contributed by atoms with Crippen molar-refractivity contribution in [2.75, 3.05) is 0 Å². The van der Waals surface area contributed by atoms with Gasteiger partial charge in [0.15, 0.2) is 0 Å². The second-order valence-electron chi connectivity index (χ2n) is 2.59. The Bertz CT molecular complexity index is 207. The molecular formula is C7H7ClO. The molecule has 0 aromatic carbocycles. The zero-order valence-electron chi connectivity index (χ0n) is 5.10. The molecule has 2 unspecified atom stereocenters. The summed E-state index contributed by atoms with van der Waals surface area (Å²) in [5.41, 5.74) is -0.0637. The van der Waals surface area contributed by atoms with Crippen molar-refractivity contribution < 1.29 is 4.74 Å². The average molecular weight is 143 g/mol. The molecule has 1 heterocycles. The lowest BCUT2D eigenvalue weighted by Crippen LogP contribution is -2.07. The quantitative estimate of drug-likeness (QED) is 0.470. The van der Waals surface area contributed by atoms with Gasteiger partial charge in [-0.05, 0) is 13.0 Å². The van der Waals surface area contributed by atoms with Crippen LogP contribution in [0.5, 0.6) is 0 Å². The van der Waals surface area contributed by atoms with Gasteiger partial charge in [0.05, 0.1) is 5.03 Å². The normalized spacial score (nSPS) is 46.0. The Morgan fingerprint density at radius 1 is 1.78 bits per heavy atom. The summed E-state index contributed by atoms with van der Waals surface area (Å²) < 4.78 is 5.29.